The Morgan fingerprint density at radius 3 is 2.37 bits per heavy atom. The summed E-state index contributed by atoms with van der Waals surface area (Å²) >= 11 is 0. The molecule has 0 aromatic heterocycles. The molecule has 2 N–H and O–H groups in total. The van der Waals surface area contributed by atoms with Gasteiger partial charge in [0.25, 0.3) is 11.8 Å². The summed E-state index contributed by atoms with van der Waals surface area (Å²) in [7, 11) is 0. The second kappa shape index (κ2) is 6.27. The van der Waals surface area contributed by atoms with E-state index in [-0.39, 0.29) is 30.5 Å². The standard InChI is InChI=1S/C18H17N3O6/c22-14-2-1-13(16(25)19-14)21-17(26)11-5-9-3-4-20(8-15(23)24)7-10(9)6-12(11)18(21)27/h5-6,13H,1-4,7-8H2,(H,23,24)(H,19,22,25). The molecule has 1 aromatic rings. The number of nitrogens with zero attached hydrogens (tertiary/aromatic N) is 2. The third-order valence-corrected chi connectivity index (χ3v) is 5.21. The number of amides is 4. The summed E-state index contributed by atoms with van der Waals surface area (Å²) < 4.78 is 0. The van der Waals surface area contributed by atoms with E-state index in [0.29, 0.717) is 19.5 Å². The predicted molar refractivity (Wildman–Crippen MR) is 89.7 cm³/mol. The van der Waals surface area contributed by atoms with E-state index in [1.54, 1.807) is 17.0 Å². The molecule has 1 saturated heterocycles. The molecule has 9 nitrogen and oxygen atoms in total. The van der Waals surface area contributed by atoms with E-state index >= 15 is 0 Å². The summed E-state index contributed by atoms with van der Waals surface area (Å²) in [5, 5.41) is 11.1. The number of rotatable bonds is 3. The minimum absolute atomic E-state index is 0.0739. The third kappa shape index (κ3) is 2.89. The normalized spacial score (nSPS) is 22.5. The van der Waals surface area contributed by atoms with Crippen LogP contribution >= 0.6 is 0 Å². The molecule has 1 fully saturated rings. The average molecular weight is 371 g/mol. The van der Waals surface area contributed by atoms with Crippen LogP contribution in [0.15, 0.2) is 12.1 Å². The summed E-state index contributed by atoms with van der Waals surface area (Å²) in [5.74, 6) is -3.06. The lowest BCUT2D eigenvalue weighted by Crippen LogP contribution is -2.54. The number of nitrogens with one attached hydrogen (secondary N) is 1. The summed E-state index contributed by atoms with van der Waals surface area (Å²) in [6.07, 6.45) is 0.766. The molecular weight excluding hydrogens is 354 g/mol. The average Bonchev–Trinajstić information content (AvgIpc) is 2.84. The highest BCUT2D eigenvalue weighted by Gasteiger charge is 2.45. The first kappa shape index (κ1) is 17.3. The van der Waals surface area contributed by atoms with E-state index in [0.717, 1.165) is 16.0 Å². The molecule has 3 aliphatic heterocycles. The zero-order chi connectivity index (χ0) is 19.3. The first-order chi connectivity index (χ1) is 12.8. The van der Waals surface area contributed by atoms with Gasteiger partial charge in [0, 0.05) is 19.5 Å². The Kier molecular flexibility index (Phi) is 4.03. The fraction of sp³-hybridized carbons (Fsp3) is 0.389. The van der Waals surface area contributed by atoms with Gasteiger partial charge in [-0.25, -0.2) is 0 Å². The number of carboxylic acid groups (broad SMARTS) is 1. The van der Waals surface area contributed by atoms with Crippen molar-refractivity contribution in [2.75, 3.05) is 13.1 Å². The molecular formula is C18H17N3O6. The maximum atomic E-state index is 12.8. The number of carboxylic acids is 1. The van der Waals surface area contributed by atoms with Gasteiger partial charge in [-0.05, 0) is 36.1 Å². The van der Waals surface area contributed by atoms with Crippen molar-refractivity contribution < 1.29 is 29.1 Å². The Morgan fingerprint density at radius 1 is 1.07 bits per heavy atom. The Balaban J connectivity index is 1.63. The third-order valence-electron chi connectivity index (χ3n) is 5.21. The zero-order valence-corrected chi connectivity index (χ0v) is 14.4. The van der Waals surface area contributed by atoms with Gasteiger partial charge in [0.05, 0.1) is 17.7 Å². The fourth-order valence-electron chi connectivity index (χ4n) is 3.91. The number of fused-ring (bicyclic) bond motifs is 2. The minimum Gasteiger partial charge on any atom is -0.480 e. The van der Waals surface area contributed by atoms with Crippen molar-refractivity contribution in [3.05, 3.63) is 34.4 Å². The van der Waals surface area contributed by atoms with Crippen molar-refractivity contribution in [3.63, 3.8) is 0 Å². The molecule has 0 bridgehead atoms. The van der Waals surface area contributed by atoms with Crippen LogP contribution in [0.2, 0.25) is 0 Å². The highest BCUT2D eigenvalue weighted by Crippen LogP contribution is 2.31. The lowest BCUT2D eigenvalue weighted by Gasteiger charge is -2.27. The number of benzene rings is 1. The molecule has 3 heterocycles. The van der Waals surface area contributed by atoms with Crippen molar-refractivity contribution in [1.82, 2.24) is 15.1 Å². The highest BCUT2D eigenvalue weighted by molar-refractivity contribution is 6.23. The second-order valence-corrected chi connectivity index (χ2v) is 6.97. The number of imide groups is 2. The van der Waals surface area contributed by atoms with Crippen LogP contribution in [0.5, 0.6) is 0 Å². The molecule has 1 aromatic carbocycles. The smallest absolute Gasteiger partial charge is 0.317 e. The maximum Gasteiger partial charge on any atom is 0.317 e. The number of hydrogen-bond acceptors (Lipinski definition) is 6. The van der Waals surface area contributed by atoms with Gasteiger partial charge in [0.2, 0.25) is 11.8 Å². The number of hydrogen-bond donors (Lipinski definition) is 2. The van der Waals surface area contributed by atoms with E-state index in [1.165, 1.54) is 0 Å². The van der Waals surface area contributed by atoms with Gasteiger partial charge < -0.3 is 5.11 Å². The first-order valence-corrected chi connectivity index (χ1v) is 8.66. The van der Waals surface area contributed by atoms with Crippen LogP contribution in [0.3, 0.4) is 0 Å². The van der Waals surface area contributed by atoms with Crippen molar-refractivity contribution in [2.24, 2.45) is 0 Å². The van der Waals surface area contributed by atoms with Gasteiger partial charge >= 0.3 is 5.97 Å². The molecule has 1 atom stereocenters. The lowest BCUT2D eigenvalue weighted by molar-refractivity contribution is -0.139. The van der Waals surface area contributed by atoms with E-state index in [1.807, 2.05) is 0 Å². The molecule has 3 aliphatic rings. The monoisotopic (exact) mass is 371 g/mol. The summed E-state index contributed by atoms with van der Waals surface area (Å²) in [6.45, 7) is 0.845. The van der Waals surface area contributed by atoms with Crippen molar-refractivity contribution in [2.45, 2.75) is 31.8 Å². The largest absolute Gasteiger partial charge is 0.480 e. The minimum atomic E-state index is -0.990. The SMILES string of the molecule is O=C(O)CN1CCc2cc3c(cc2C1)C(=O)N(C1CCC(=O)NC1=O)C3=O. The zero-order valence-electron chi connectivity index (χ0n) is 14.4. The molecule has 0 saturated carbocycles. The van der Waals surface area contributed by atoms with Crippen LogP contribution in [0.25, 0.3) is 0 Å². The molecule has 0 spiro atoms. The van der Waals surface area contributed by atoms with Gasteiger partial charge in [0.1, 0.15) is 6.04 Å². The molecule has 9 heteroatoms. The number of piperidine rings is 1. The number of aliphatic carboxylic acids is 1. The Labute approximate surface area is 153 Å². The molecule has 140 valence electrons. The Hall–Kier alpha value is -3.07. The van der Waals surface area contributed by atoms with Crippen molar-refractivity contribution in [1.29, 1.82) is 0 Å². The quantitative estimate of drug-likeness (QED) is 0.688. The van der Waals surface area contributed by atoms with Crippen LogP contribution in [0, 0.1) is 0 Å². The van der Waals surface area contributed by atoms with Crippen molar-refractivity contribution >= 4 is 29.6 Å². The molecule has 0 aliphatic carbocycles. The maximum absolute atomic E-state index is 12.8. The van der Waals surface area contributed by atoms with Gasteiger partial charge in [-0.2, -0.15) is 0 Å². The van der Waals surface area contributed by atoms with E-state index < -0.39 is 35.6 Å². The summed E-state index contributed by atoms with van der Waals surface area (Å²) in [6, 6.07) is 2.32. The van der Waals surface area contributed by atoms with Gasteiger partial charge in [-0.15, -0.1) is 0 Å². The summed E-state index contributed by atoms with van der Waals surface area (Å²) in [4.78, 5) is 62.6. The topological polar surface area (TPSA) is 124 Å². The summed E-state index contributed by atoms with van der Waals surface area (Å²) in [5.41, 5.74) is 2.20. The van der Waals surface area contributed by atoms with Crippen LogP contribution in [0.1, 0.15) is 44.7 Å². The van der Waals surface area contributed by atoms with Crippen LogP contribution in [-0.2, 0) is 27.3 Å². The van der Waals surface area contributed by atoms with Crippen molar-refractivity contribution in [3.8, 4) is 0 Å². The molecule has 4 rings (SSSR count). The molecule has 1 unspecified atom stereocenters. The number of carbonyl (C=O) groups is 5. The second-order valence-electron chi connectivity index (χ2n) is 6.97. The molecule has 0 radical (unpaired) electrons. The van der Waals surface area contributed by atoms with E-state index in [2.05, 4.69) is 5.32 Å². The molecule has 4 amide bonds. The Bertz CT molecular complexity index is 909. The van der Waals surface area contributed by atoms with Gasteiger partial charge in [-0.1, -0.05) is 0 Å². The van der Waals surface area contributed by atoms with Crippen LogP contribution in [0.4, 0.5) is 0 Å². The highest BCUT2D eigenvalue weighted by atomic mass is 16.4. The van der Waals surface area contributed by atoms with E-state index in [4.69, 9.17) is 5.11 Å². The van der Waals surface area contributed by atoms with E-state index in [9.17, 15) is 24.0 Å². The fourth-order valence-corrected chi connectivity index (χ4v) is 3.91. The van der Waals surface area contributed by atoms with Crippen LogP contribution in [-0.4, -0.2) is 63.6 Å². The van der Waals surface area contributed by atoms with Crippen LogP contribution < -0.4 is 5.32 Å². The van der Waals surface area contributed by atoms with Gasteiger partial charge in [-0.3, -0.25) is 39.1 Å². The molecule has 27 heavy (non-hydrogen) atoms. The van der Waals surface area contributed by atoms with Gasteiger partial charge in [0.15, 0.2) is 0 Å². The predicted octanol–water partition coefficient (Wildman–Crippen LogP) is -0.469. The Morgan fingerprint density at radius 2 is 1.74 bits per heavy atom. The first-order valence-electron chi connectivity index (χ1n) is 8.66. The lowest BCUT2D eigenvalue weighted by atomic mass is 9.94. The number of carbonyl (C=O) groups excluding carboxylic acids is 4.